The highest BCUT2D eigenvalue weighted by Gasteiger charge is 2.25. The van der Waals surface area contributed by atoms with E-state index in [1.807, 2.05) is 11.8 Å². The van der Waals surface area contributed by atoms with Gasteiger partial charge in [-0.1, -0.05) is 12.8 Å². The Morgan fingerprint density at radius 3 is 2.89 bits per heavy atom. The van der Waals surface area contributed by atoms with Crippen molar-refractivity contribution in [2.24, 2.45) is 0 Å². The van der Waals surface area contributed by atoms with E-state index in [0.29, 0.717) is 6.04 Å². The van der Waals surface area contributed by atoms with Crippen LogP contribution in [0, 0.1) is 0 Å². The van der Waals surface area contributed by atoms with E-state index in [2.05, 4.69) is 23.8 Å². The van der Waals surface area contributed by atoms with Crippen LogP contribution in [0.25, 0.3) is 0 Å². The van der Waals surface area contributed by atoms with Crippen LogP contribution in [-0.2, 0) is 0 Å². The van der Waals surface area contributed by atoms with Gasteiger partial charge in [0.15, 0.2) is 0 Å². The standard InChI is InChI=1S/C15H30N2S/c1-12(10-13-6-4-3-5-9-16-13)17-14-7-8-15(11-14)18-2/h12-17H,3-11H2,1-2H3. The zero-order chi connectivity index (χ0) is 12.8. The smallest absolute Gasteiger partial charge is 0.00817 e. The maximum atomic E-state index is 3.86. The van der Waals surface area contributed by atoms with Crippen molar-refractivity contribution in [3.05, 3.63) is 0 Å². The van der Waals surface area contributed by atoms with E-state index >= 15 is 0 Å². The van der Waals surface area contributed by atoms with E-state index < -0.39 is 0 Å². The van der Waals surface area contributed by atoms with Gasteiger partial charge in [-0.2, -0.15) is 11.8 Å². The van der Waals surface area contributed by atoms with Gasteiger partial charge in [-0.25, -0.2) is 0 Å². The molecule has 1 saturated heterocycles. The molecule has 2 fully saturated rings. The first-order valence-electron chi connectivity index (χ1n) is 7.80. The van der Waals surface area contributed by atoms with Crippen LogP contribution in [0.4, 0.5) is 0 Å². The van der Waals surface area contributed by atoms with E-state index in [1.165, 1.54) is 57.9 Å². The van der Waals surface area contributed by atoms with Gasteiger partial charge in [0, 0.05) is 23.4 Å². The molecule has 2 nitrogen and oxygen atoms in total. The van der Waals surface area contributed by atoms with Crippen LogP contribution in [0.5, 0.6) is 0 Å². The van der Waals surface area contributed by atoms with Gasteiger partial charge in [-0.3, -0.25) is 0 Å². The number of thioether (sulfide) groups is 1. The van der Waals surface area contributed by atoms with Crippen molar-refractivity contribution in [3.8, 4) is 0 Å². The van der Waals surface area contributed by atoms with Crippen molar-refractivity contribution in [1.82, 2.24) is 10.6 Å². The summed E-state index contributed by atoms with van der Waals surface area (Å²) in [7, 11) is 0. The summed E-state index contributed by atoms with van der Waals surface area (Å²) in [6.07, 6.45) is 13.3. The topological polar surface area (TPSA) is 24.1 Å². The predicted octanol–water partition coefficient (Wildman–Crippen LogP) is 3.17. The molecule has 1 aliphatic carbocycles. The van der Waals surface area contributed by atoms with Gasteiger partial charge in [0.2, 0.25) is 0 Å². The third-order valence-corrected chi connectivity index (χ3v) is 5.63. The molecule has 2 rings (SSSR count). The monoisotopic (exact) mass is 270 g/mol. The summed E-state index contributed by atoms with van der Waals surface area (Å²) < 4.78 is 0. The van der Waals surface area contributed by atoms with Crippen molar-refractivity contribution < 1.29 is 0 Å². The third kappa shape index (κ3) is 4.75. The quantitative estimate of drug-likeness (QED) is 0.802. The molecule has 1 aliphatic heterocycles. The van der Waals surface area contributed by atoms with Gasteiger partial charge < -0.3 is 10.6 Å². The summed E-state index contributed by atoms with van der Waals surface area (Å²) in [5.74, 6) is 0. The predicted molar refractivity (Wildman–Crippen MR) is 82.4 cm³/mol. The first-order chi connectivity index (χ1) is 8.78. The van der Waals surface area contributed by atoms with Gasteiger partial charge >= 0.3 is 0 Å². The third-order valence-electron chi connectivity index (χ3n) is 4.54. The molecule has 2 aliphatic rings. The Bertz CT molecular complexity index is 227. The normalized spacial score (nSPS) is 35.3. The number of hydrogen-bond donors (Lipinski definition) is 2. The second kappa shape index (κ2) is 7.76. The van der Waals surface area contributed by atoms with Crippen molar-refractivity contribution in [2.45, 2.75) is 81.7 Å². The van der Waals surface area contributed by atoms with Crippen LogP contribution in [0.15, 0.2) is 0 Å². The largest absolute Gasteiger partial charge is 0.314 e. The van der Waals surface area contributed by atoms with Gasteiger partial charge in [0.05, 0.1) is 0 Å². The fraction of sp³-hybridized carbons (Fsp3) is 1.00. The van der Waals surface area contributed by atoms with Crippen LogP contribution >= 0.6 is 11.8 Å². The first-order valence-corrected chi connectivity index (χ1v) is 9.09. The highest BCUT2D eigenvalue weighted by Crippen LogP contribution is 2.28. The summed E-state index contributed by atoms with van der Waals surface area (Å²) in [6.45, 7) is 3.61. The Morgan fingerprint density at radius 2 is 2.11 bits per heavy atom. The van der Waals surface area contributed by atoms with Crippen molar-refractivity contribution >= 4 is 11.8 Å². The molecule has 106 valence electrons. The van der Waals surface area contributed by atoms with Gasteiger partial charge in [0.1, 0.15) is 0 Å². The molecular formula is C15H30N2S. The minimum Gasteiger partial charge on any atom is -0.314 e. The fourth-order valence-electron chi connectivity index (χ4n) is 3.50. The Labute approximate surface area is 117 Å². The van der Waals surface area contributed by atoms with Gasteiger partial charge in [-0.05, 0) is 58.2 Å². The lowest BCUT2D eigenvalue weighted by Crippen LogP contribution is -2.40. The Morgan fingerprint density at radius 1 is 1.22 bits per heavy atom. The lowest BCUT2D eigenvalue weighted by Gasteiger charge is -2.24. The second-order valence-corrected chi connectivity index (χ2v) is 7.31. The molecule has 0 aromatic rings. The summed E-state index contributed by atoms with van der Waals surface area (Å²) >= 11 is 2.05. The SMILES string of the molecule is CSC1CCC(NC(C)CC2CCCCCN2)C1. The molecule has 4 atom stereocenters. The van der Waals surface area contributed by atoms with E-state index in [9.17, 15) is 0 Å². The van der Waals surface area contributed by atoms with Crippen molar-refractivity contribution in [3.63, 3.8) is 0 Å². The van der Waals surface area contributed by atoms with Crippen molar-refractivity contribution in [2.75, 3.05) is 12.8 Å². The van der Waals surface area contributed by atoms with Crippen LogP contribution in [0.2, 0.25) is 0 Å². The Hall–Kier alpha value is 0.270. The minimum absolute atomic E-state index is 0.672. The summed E-state index contributed by atoms with van der Waals surface area (Å²) in [5, 5.41) is 8.48. The lowest BCUT2D eigenvalue weighted by atomic mass is 10.0. The van der Waals surface area contributed by atoms with Gasteiger partial charge in [0.25, 0.3) is 0 Å². The molecule has 0 spiro atoms. The number of nitrogens with one attached hydrogen (secondary N) is 2. The molecule has 4 unspecified atom stereocenters. The average Bonchev–Trinajstić information content (AvgIpc) is 2.65. The molecule has 0 aromatic carbocycles. The van der Waals surface area contributed by atoms with Gasteiger partial charge in [-0.15, -0.1) is 0 Å². The van der Waals surface area contributed by atoms with Crippen LogP contribution in [-0.4, -0.2) is 36.2 Å². The molecular weight excluding hydrogens is 240 g/mol. The highest BCUT2D eigenvalue weighted by atomic mass is 32.2. The van der Waals surface area contributed by atoms with E-state index in [4.69, 9.17) is 0 Å². The molecule has 0 radical (unpaired) electrons. The number of hydrogen-bond acceptors (Lipinski definition) is 3. The number of rotatable bonds is 5. The first kappa shape index (κ1) is 14.7. The average molecular weight is 270 g/mol. The summed E-state index contributed by atoms with van der Waals surface area (Å²) in [4.78, 5) is 0. The highest BCUT2D eigenvalue weighted by molar-refractivity contribution is 7.99. The maximum absolute atomic E-state index is 3.86. The zero-order valence-corrected chi connectivity index (χ0v) is 12.9. The molecule has 0 amide bonds. The van der Waals surface area contributed by atoms with Crippen LogP contribution in [0.1, 0.15) is 58.3 Å². The second-order valence-electron chi connectivity index (χ2n) is 6.17. The summed E-state index contributed by atoms with van der Waals surface area (Å²) in [5.41, 5.74) is 0. The zero-order valence-electron chi connectivity index (χ0n) is 12.1. The Kier molecular flexibility index (Phi) is 6.33. The van der Waals surface area contributed by atoms with E-state index in [1.54, 1.807) is 0 Å². The molecule has 3 heteroatoms. The minimum atomic E-state index is 0.672. The molecule has 1 heterocycles. The Balaban J connectivity index is 1.66. The van der Waals surface area contributed by atoms with Crippen LogP contribution < -0.4 is 10.6 Å². The molecule has 0 aromatic heterocycles. The van der Waals surface area contributed by atoms with E-state index in [0.717, 1.165) is 17.3 Å². The fourth-order valence-corrected chi connectivity index (χ4v) is 4.30. The lowest BCUT2D eigenvalue weighted by molar-refractivity contribution is 0.370. The molecule has 2 N–H and O–H groups in total. The van der Waals surface area contributed by atoms with E-state index in [-0.39, 0.29) is 0 Å². The maximum Gasteiger partial charge on any atom is 0.00817 e. The molecule has 0 bridgehead atoms. The molecule has 18 heavy (non-hydrogen) atoms. The molecule has 1 saturated carbocycles. The summed E-state index contributed by atoms with van der Waals surface area (Å²) in [6, 6.07) is 2.21. The van der Waals surface area contributed by atoms with Crippen LogP contribution in [0.3, 0.4) is 0 Å². The van der Waals surface area contributed by atoms with Crippen molar-refractivity contribution in [1.29, 1.82) is 0 Å².